The number of carbonyl (C=O) groups excluding carboxylic acids is 1. The number of halogens is 1. The zero-order valence-electron chi connectivity index (χ0n) is 8.64. The van der Waals surface area contributed by atoms with Gasteiger partial charge >= 0.3 is 0 Å². The van der Waals surface area contributed by atoms with E-state index in [2.05, 4.69) is 26.2 Å². The number of anilines is 1. The molecule has 0 radical (unpaired) electrons. The lowest BCUT2D eigenvalue weighted by Gasteiger charge is -2.13. The summed E-state index contributed by atoms with van der Waals surface area (Å²) < 4.78 is -0.555. The quantitative estimate of drug-likeness (QED) is 0.844. The van der Waals surface area contributed by atoms with Crippen molar-refractivity contribution in [3.8, 4) is 0 Å². The molecule has 0 unspecified atom stereocenters. The molecule has 14 heavy (non-hydrogen) atoms. The fourth-order valence-electron chi connectivity index (χ4n) is 0.772. The van der Waals surface area contributed by atoms with Gasteiger partial charge in [0.15, 0.2) is 5.13 Å². The molecule has 0 spiro atoms. The molecule has 1 N–H and O–H groups in total. The number of hydrogen-bond acceptors (Lipinski definition) is 3. The summed E-state index contributed by atoms with van der Waals surface area (Å²) >= 11 is 4.79. The number of hydrogen-bond donors (Lipinski definition) is 1. The topological polar surface area (TPSA) is 42.0 Å². The number of carbonyl (C=O) groups is 1. The standard InChI is InChI=1S/C9H13BrN2OS/c1-5-6(2)14-8(11-5)12-7(13)9(3,4)10/h1-4H3,(H,11,12,13). The van der Waals surface area contributed by atoms with Crippen molar-refractivity contribution in [3.05, 3.63) is 10.6 Å². The van der Waals surface area contributed by atoms with Crippen LogP contribution in [0, 0.1) is 13.8 Å². The van der Waals surface area contributed by atoms with E-state index in [4.69, 9.17) is 0 Å². The summed E-state index contributed by atoms with van der Waals surface area (Å²) in [4.78, 5) is 16.9. The molecule has 0 bridgehead atoms. The minimum atomic E-state index is -0.555. The average Bonchev–Trinajstić information content (AvgIpc) is 2.29. The van der Waals surface area contributed by atoms with Gasteiger partial charge < -0.3 is 5.32 Å². The van der Waals surface area contributed by atoms with E-state index in [1.807, 2.05) is 13.8 Å². The normalized spacial score (nSPS) is 11.5. The Labute approximate surface area is 96.1 Å². The van der Waals surface area contributed by atoms with Crippen LogP contribution in [0.2, 0.25) is 0 Å². The number of aromatic nitrogens is 1. The lowest BCUT2D eigenvalue weighted by atomic mass is 10.2. The molecule has 0 aromatic carbocycles. The molecule has 1 rings (SSSR count). The van der Waals surface area contributed by atoms with Crippen molar-refractivity contribution in [2.75, 3.05) is 5.32 Å². The van der Waals surface area contributed by atoms with Gasteiger partial charge in [-0.1, -0.05) is 15.9 Å². The highest BCUT2D eigenvalue weighted by Crippen LogP contribution is 2.24. The largest absolute Gasteiger partial charge is 0.301 e. The second kappa shape index (κ2) is 3.98. The molecule has 5 heteroatoms. The van der Waals surface area contributed by atoms with Crippen LogP contribution >= 0.6 is 27.3 Å². The van der Waals surface area contributed by atoms with Crippen molar-refractivity contribution in [2.24, 2.45) is 0 Å². The van der Waals surface area contributed by atoms with Crippen molar-refractivity contribution in [1.82, 2.24) is 4.98 Å². The maximum atomic E-state index is 11.6. The van der Waals surface area contributed by atoms with E-state index in [9.17, 15) is 4.79 Å². The van der Waals surface area contributed by atoms with Gasteiger partial charge in [-0.05, 0) is 27.7 Å². The van der Waals surface area contributed by atoms with Gasteiger partial charge in [0.2, 0.25) is 5.91 Å². The third kappa shape index (κ3) is 2.78. The average molecular weight is 277 g/mol. The molecule has 0 aliphatic heterocycles. The van der Waals surface area contributed by atoms with E-state index in [0.717, 1.165) is 10.6 Å². The second-order valence-electron chi connectivity index (χ2n) is 3.59. The van der Waals surface area contributed by atoms with Crippen molar-refractivity contribution in [1.29, 1.82) is 0 Å². The Morgan fingerprint density at radius 2 is 2.07 bits per heavy atom. The van der Waals surface area contributed by atoms with Crippen molar-refractivity contribution < 1.29 is 4.79 Å². The SMILES string of the molecule is Cc1nc(NC(=O)C(C)(C)Br)sc1C. The van der Waals surface area contributed by atoms with Gasteiger partial charge in [-0.3, -0.25) is 4.79 Å². The van der Waals surface area contributed by atoms with Crippen LogP contribution in [0.5, 0.6) is 0 Å². The smallest absolute Gasteiger partial charge is 0.242 e. The number of alkyl halides is 1. The summed E-state index contributed by atoms with van der Waals surface area (Å²) in [6.07, 6.45) is 0. The maximum absolute atomic E-state index is 11.6. The first-order chi connectivity index (χ1) is 6.30. The van der Waals surface area contributed by atoms with Gasteiger partial charge in [0.05, 0.1) is 10.0 Å². The fraction of sp³-hybridized carbons (Fsp3) is 0.556. The molecule has 1 amide bonds. The predicted molar refractivity (Wildman–Crippen MR) is 63.2 cm³/mol. The summed E-state index contributed by atoms with van der Waals surface area (Å²) in [7, 11) is 0. The van der Waals surface area contributed by atoms with E-state index in [0.29, 0.717) is 5.13 Å². The molecular formula is C9H13BrN2OS. The van der Waals surface area contributed by atoms with Crippen molar-refractivity contribution in [3.63, 3.8) is 0 Å². The molecule has 1 heterocycles. The Hall–Kier alpha value is -0.420. The molecule has 3 nitrogen and oxygen atoms in total. The predicted octanol–water partition coefficient (Wildman–Crippen LogP) is 2.87. The Kier molecular flexibility index (Phi) is 3.32. The van der Waals surface area contributed by atoms with Gasteiger partial charge in [0.1, 0.15) is 0 Å². The van der Waals surface area contributed by atoms with Gasteiger partial charge in [-0.2, -0.15) is 0 Å². The van der Waals surface area contributed by atoms with Crippen LogP contribution in [0.25, 0.3) is 0 Å². The lowest BCUT2D eigenvalue weighted by Crippen LogP contribution is -2.30. The van der Waals surface area contributed by atoms with Crippen LogP contribution in [0.3, 0.4) is 0 Å². The Morgan fingerprint density at radius 1 is 1.50 bits per heavy atom. The zero-order valence-corrected chi connectivity index (χ0v) is 11.0. The molecule has 1 aromatic heterocycles. The number of thiazole rings is 1. The molecule has 0 aliphatic carbocycles. The van der Waals surface area contributed by atoms with Gasteiger partial charge in [0.25, 0.3) is 0 Å². The Balaban J connectivity index is 2.75. The third-order valence-electron chi connectivity index (χ3n) is 1.79. The molecule has 0 aliphatic rings. The van der Waals surface area contributed by atoms with Gasteiger partial charge in [-0.25, -0.2) is 4.98 Å². The van der Waals surface area contributed by atoms with Crippen molar-refractivity contribution >= 4 is 38.3 Å². The van der Waals surface area contributed by atoms with E-state index < -0.39 is 4.32 Å². The molecular weight excluding hydrogens is 264 g/mol. The number of rotatable bonds is 2. The molecule has 0 atom stereocenters. The second-order valence-corrected chi connectivity index (χ2v) is 6.77. The Bertz CT molecular complexity index is 335. The van der Waals surface area contributed by atoms with Gasteiger partial charge in [-0.15, -0.1) is 11.3 Å². The highest BCUT2D eigenvalue weighted by atomic mass is 79.9. The molecule has 0 saturated heterocycles. The summed E-state index contributed by atoms with van der Waals surface area (Å²) in [5.74, 6) is -0.0775. The van der Waals surface area contributed by atoms with E-state index in [1.165, 1.54) is 11.3 Å². The monoisotopic (exact) mass is 276 g/mol. The summed E-state index contributed by atoms with van der Waals surface area (Å²) in [5.41, 5.74) is 0.970. The fourth-order valence-corrected chi connectivity index (χ4v) is 1.68. The highest BCUT2D eigenvalue weighted by molar-refractivity contribution is 9.10. The maximum Gasteiger partial charge on any atom is 0.242 e. The van der Waals surface area contributed by atoms with E-state index in [-0.39, 0.29) is 5.91 Å². The lowest BCUT2D eigenvalue weighted by molar-refractivity contribution is -0.117. The first kappa shape index (κ1) is 11.7. The van der Waals surface area contributed by atoms with Crippen LogP contribution < -0.4 is 5.32 Å². The van der Waals surface area contributed by atoms with Crippen LogP contribution in [0.1, 0.15) is 24.4 Å². The number of nitrogens with zero attached hydrogens (tertiary/aromatic N) is 1. The number of aryl methyl sites for hydroxylation is 2. The first-order valence-corrected chi connectivity index (χ1v) is 5.86. The summed E-state index contributed by atoms with van der Waals surface area (Å²) in [6.45, 7) is 7.52. The Morgan fingerprint density at radius 3 is 2.43 bits per heavy atom. The van der Waals surface area contributed by atoms with Crippen molar-refractivity contribution in [2.45, 2.75) is 32.0 Å². The molecule has 0 saturated carbocycles. The van der Waals surface area contributed by atoms with Crippen LogP contribution in [-0.4, -0.2) is 15.2 Å². The summed E-state index contributed by atoms with van der Waals surface area (Å²) in [6, 6.07) is 0. The van der Waals surface area contributed by atoms with Crippen LogP contribution in [0.4, 0.5) is 5.13 Å². The van der Waals surface area contributed by atoms with E-state index in [1.54, 1.807) is 13.8 Å². The highest BCUT2D eigenvalue weighted by Gasteiger charge is 2.24. The number of amides is 1. The van der Waals surface area contributed by atoms with Crippen LogP contribution in [-0.2, 0) is 4.79 Å². The van der Waals surface area contributed by atoms with E-state index >= 15 is 0 Å². The number of nitrogens with one attached hydrogen (secondary N) is 1. The minimum absolute atomic E-state index is 0.0775. The minimum Gasteiger partial charge on any atom is -0.301 e. The molecule has 0 fully saturated rings. The van der Waals surface area contributed by atoms with Gasteiger partial charge in [0, 0.05) is 4.88 Å². The zero-order chi connectivity index (χ0) is 10.9. The third-order valence-corrected chi connectivity index (χ3v) is 3.14. The van der Waals surface area contributed by atoms with Crippen LogP contribution in [0.15, 0.2) is 0 Å². The molecule has 1 aromatic rings. The first-order valence-electron chi connectivity index (χ1n) is 4.25. The molecule has 78 valence electrons. The summed E-state index contributed by atoms with van der Waals surface area (Å²) in [5, 5.41) is 3.43.